The number of hydrogen-bond donors (Lipinski definition) is 1. The molecule has 55 heavy (non-hydrogen) atoms. The van der Waals surface area contributed by atoms with Crippen LogP contribution in [0.1, 0.15) is 174 Å². The number of phosphoric acid groups is 1. The van der Waals surface area contributed by atoms with Crippen LogP contribution in [0.3, 0.4) is 0 Å². The zero-order valence-corrected chi connectivity index (χ0v) is 36.8. The van der Waals surface area contributed by atoms with E-state index in [1.165, 1.54) is 83.5 Å². The molecule has 1 unspecified atom stereocenters. The van der Waals surface area contributed by atoms with Gasteiger partial charge >= 0.3 is 19.8 Å². The average Bonchev–Trinajstić information content (AvgIpc) is 3.13. The summed E-state index contributed by atoms with van der Waals surface area (Å²) in [6, 6.07) is 0. The molecule has 0 fully saturated rings. The molecule has 0 radical (unpaired) electrons. The lowest BCUT2D eigenvalue weighted by molar-refractivity contribution is -0.870. The van der Waals surface area contributed by atoms with Crippen LogP contribution in [0.25, 0.3) is 0 Å². The van der Waals surface area contributed by atoms with Crippen molar-refractivity contribution in [3.63, 3.8) is 0 Å². The predicted octanol–water partition coefficient (Wildman–Crippen LogP) is 12.3. The Morgan fingerprint density at radius 2 is 1.04 bits per heavy atom. The van der Waals surface area contributed by atoms with Crippen molar-refractivity contribution in [2.45, 2.75) is 180 Å². The van der Waals surface area contributed by atoms with Crippen LogP contribution in [-0.2, 0) is 32.7 Å². The number of carbonyl (C=O) groups excluding carboxylic acids is 2. The van der Waals surface area contributed by atoms with E-state index in [1.54, 1.807) is 0 Å². The first kappa shape index (κ1) is 53.0. The van der Waals surface area contributed by atoms with Gasteiger partial charge < -0.3 is 18.9 Å². The van der Waals surface area contributed by atoms with E-state index >= 15 is 0 Å². The molecule has 0 aliphatic heterocycles. The molecule has 1 N–H and O–H groups in total. The SMILES string of the molecule is CC/C=C\C/C=C\C/C=C\C/C=C\CCCCC(=O)OC[C@H](COP(=O)(O)OCC[N+](C)(C)C)OC(=O)CCCCCCCCCCCCCCCCCC. The van der Waals surface area contributed by atoms with Gasteiger partial charge in [-0.05, 0) is 51.4 Å². The molecule has 0 rings (SSSR count). The van der Waals surface area contributed by atoms with E-state index in [-0.39, 0.29) is 26.1 Å². The first-order chi connectivity index (χ1) is 26.5. The van der Waals surface area contributed by atoms with Gasteiger partial charge in [0.25, 0.3) is 0 Å². The summed E-state index contributed by atoms with van der Waals surface area (Å²) in [4.78, 5) is 35.3. The van der Waals surface area contributed by atoms with Crippen molar-refractivity contribution in [1.82, 2.24) is 0 Å². The molecule has 0 aromatic heterocycles. The minimum atomic E-state index is -4.38. The van der Waals surface area contributed by atoms with Crippen LogP contribution in [0.2, 0.25) is 0 Å². The number of esters is 2. The van der Waals surface area contributed by atoms with E-state index in [2.05, 4.69) is 62.5 Å². The predicted molar refractivity (Wildman–Crippen MR) is 229 cm³/mol. The molecule has 0 amide bonds. The maximum Gasteiger partial charge on any atom is 0.472 e. The highest BCUT2D eigenvalue weighted by Gasteiger charge is 2.27. The molecule has 0 aliphatic rings. The Balaban J connectivity index is 4.42. The number of nitrogens with zero attached hydrogens (tertiary/aromatic N) is 1. The van der Waals surface area contributed by atoms with Crippen LogP contribution >= 0.6 is 7.82 Å². The van der Waals surface area contributed by atoms with Gasteiger partial charge in [0, 0.05) is 12.8 Å². The van der Waals surface area contributed by atoms with Gasteiger partial charge in [-0.2, -0.15) is 0 Å². The summed E-state index contributed by atoms with van der Waals surface area (Å²) in [5.41, 5.74) is 0. The Morgan fingerprint density at radius 3 is 1.55 bits per heavy atom. The molecule has 0 aromatic rings. The van der Waals surface area contributed by atoms with Gasteiger partial charge in [-0.25, -0.2) is 4.57 Å². The largest absolute Gasteiger partial charge is 0.472 e. The van der Waals surface area contributed by atoms with Gasteiger partial charge in [-0.1, -0.05) is 159 Å². The quantitative estimate of drug-likeness (QED) is 0.0215. The Kier molecular flexibility index (Phi) is 36.2. The van der Waals surface area contributed by atoms with E-state index in [0.29, 0.717) is 23.9 Å². The van der Waals surface area contributed by atoms with Crippen molar-refractivity contribution in [3.05, 3.63) is 48.6 Å². The second kappa shape index (κ2) is 37.5. The third-order valence-corrected chi connectivity index (χ3v) is 10.1. The highest BCUT2D eigenvalue weighted by atomic mass is 31.2. The van der Waals surface area contributed by atoms with Gasteiger partial charge in [-0.3, -0.25) is 18.6 Å². The number of phosphoric ester groups is 1. The average molecular weight is 797 g/mol. The monoisotopic (exact) mass is 797 g/mol. The van der Waals surface area contributed by atoms with Crippen LogP contribution < -0.4 is 0 Å². The van der Waals surface area contributed by atoms with Crippen LogP contribution in [-0.4, -0.2) is 74.9 Å². The molecule has 0 aromatic carbocycles. The van der Waals surface area contributed by atoms with E-state index < -0.39 is 32.5 Å². The van der Waals surface area contributed by atoms with Gasteiger partial charge in [0.2, 0.25) is 0 Å². The smallest absolute Gasteiger partial charge is 0.462 e. The number of hydrogen-bond acceptors (Lipinski definition) is 7. The van der Waals surface area contributed by atoms with Crippen molar-refractivity contribution in [1.29, 1.82) is 0 Å². The van der Waals surface area contributed by atoms with E-state index in [1.807, 2.05) is 21.1 Å². The number of allylic oxidation sites excluding steroid dienone is 8. The molecule has 0 bridgehead atoms. The van der Waals surface area contributed by atoms with E-state index in [4.69, 9.17) is 18.5 Å². The molecule has 2 atom stereocenters. The van der Waals surface area contributed by atoms with Crippen LogP contribution in [0.15, 0.2) is 48.6 Å². The maximum atomic E-state index is 12.7. The zero-order chi connectivity index (χ0) is 40.7. The number of ether oxygens (including phenoxy) is 2. The fourth-order valence-corrected chi connectivity index (χ4v) is 6.45. The van der Waals surface area contributed by atoms with Gasteiger partial charge in [0.1, 0.15) is 19.8 Å². The van der Waals surface area contributed by atoms with Crippen molar-refractivity contribution in [3.8, 4) is 0 Å². The lowest BCUT2D eigenvalue weighted by Crippen LogP contribution is -2.37. The van der Waals surface area contributed by atoms with Crippen LogP contribution in [0, 0.1) is 0 Å². The molecule has 0 heterocycles. The number of likely N-dealkylation sites (N-methyl/N-ethyl adjacent to an activating group) is 1. The zero-order valence-electron chi connectivity index (χ0n) is 35.9. The van der Waals surface area contributed by atoms with E-state index in [9.17, 15) is 19.0 Å². The number of carbonyl (C=O) groups is 2. The normalized spacial score (nSPS) is 14.1. The van der Waals surface area contributed by atoms with Crippen molar-refractivity contribution >= 4 is 19.8 Å². The van der Waals surface area contributed by atoms with Gasteiger partial charge in [0.15, 0.2) is 6.10 Å². The molecule has 9 nitrogen and oxygen atoms in total. The van der Waals surface area contributed by atoms with Crippen molar-refractivity contribution in [2.24, 2.45) is 0 Å². The highest BCUT2D eigenvalue weighted by Crippen LogP contribution is 2.43. The third-order valence-electron chi connectivity index (χ3n) is 9.12. The number of quaternary nitrogens is 1. The summed E-state index contributed by atoms with van der Waals surface area (Å²) in [5.74, 6) is -0.845. The van der Waals surface area contributed by atoms with Crippen molar-refractivity contribution < 1.29 is 42.1 Å². The molecule has 320 valence electrons. The molecular weight excluding hydrogens is 713 g/mol. The maximum absolute atomic E-state index is 12.7. The topological polar surface area (TPSA) is 108 Å². The first-order valence-corrected chi connectivity index (χ1v) is 23.4. The molecule has 0 saturated carbocycles. The molecule has 0 aliphatic carbocycles. The third kappa shape index (κ3) is 41.4. The van der Waals surface area contributed by atoms with Crippen LogP contribution in [0.4, 0.5) is 0 Å². The minimum Gasteiger partial charge on any atom is -0.462 e. The van der Waals surface area contributed by atoms with Crippen molar-refractivity contribution in [2.75, 3.05) is 47.5 Å². The van der Waals surface area contributed by atoms with E-state index in [0.717, 1.165) is 51.4 Å². The fourth-order valence-electron chi connectivity index (χ4n) is 5.71. The second-order valence-corrected chi connectivity index (χ2v) is 17.2. The second-order valence-electron chi connectivity index (χ2n) is 15.7. The molecule has 10 heteroatoms. The summed E-state index contributed by atoms with van der Waals surface area (Å²) in [7, 11) is 1.45. The minimum absolute atomic E-state index is 0.0247. The summed E-state index contributed by atoms with van der Waals surface area (Å²) in [6.45, 7) is 4.26. The first-order valence-electron chi connectivity index (χ1n) is 21.9. The van der Waals surface area contributed by atoms with Gasteiger partial charge in [-0.15, -0.1) is 0 Å². The fraction of sp³-hybridized carbons (Fsp3) is 0.778. The molecular formula is C45H83NO8P+. The Labute approximate surface area is 337 Å². The Hall–Kier alpha value is -2.03. The highest BCUT2D eigenvalue weighted by molar-refractivity contribution is 7.47. The molecule has 0 spiro atoms. The Bertz CT molecular complexity index is 1080. The standard InChI is InChI=1S/C45H82NO8P/c1-6-8-10-12-14-16-18-20-22-24-26-28-30-32-34-36-38-45(48)54-43(42-53-55(49,50)52-40-39-46(3,4)5)41-51-44(47)37-35-33-31-29-27-25-23-21-19-17-15-13-11-9-7-2/h9,11,15,17,21,23,27,29,43H,6-8,10,12-14,16,18-20,22,24-26,28,30-42H2,1-5H3/p+1/b11-9-,17-15-,23-21-,29-27-/t43-/m1/s1. The summed E-state index contributed by atoms with van der Waals surface area (Å²) >= 11 is 0. The Morgan fingerprint density at radius 1 is 0.582 bits per heavy atom. The summed E-state index contributed by atoms with van der Waals surface area (Å²) < 4.78 is 34.2. The lowest BCUT2D eigenvalue weighted by atomic mass is 10.0. The lowest BCUT2D eigenvalue weighted by Gasteiger charge is -2.24. The van der Waals surface area contributed by atoms with Crippen LogP contribution in [0.5, 0.6) is 0 Å². The molecule has 0 saturated heterocycles. The number of unbranched alkanes of at least 4 members (excludes halogenated alkanes) is 17. The summed E-state index contributed by atoms with van der Waals surface area (Å²) in [5, 5.41) is 0. The van der Waals surface area contributed by atoms with Gasteiger partial charge in [0.05, 0.1) is 27.7 Å². The summed E-state index contributed by atoms with van der Waals surface area (Å²) in [6.07, 6.45) is 43.0. The number of rotatable bonds is 39.